The molecule has 0 saturated carbocycles. The first-order valence-corrected chi connectivity index (χ1v) is 6.89. The molecule has 1 aromatic carbocycles. The molecule has 3 rings (SSSR count). The number of pyridine rings is 1. The van der Waals surface area contributed by atoms with Crippen LogP contribution in [0.5, 0.6) is 0 Å². The maximum absolute atomic E-state index is 4.73. The average Bonchev–Trinajstić information content (AvgIpc) is 2.93. The zero-order valence-corrected chi connectivity index (χ0v) is 11.4. The minimum absolute atomic E-state index is 0.793. The van der Waals surface area contributed by atoms with E-state index in [1.807, 2.05) is 31.4 Å². The molecule has 0 spiro atoms. The normalized spacial score (nSPS) is 11.0. The molecule has 2 N–H and O–H groups in total. The van der Waals surface area contributed by atoms with Crippen LogP contribution < -0.4 is 5.32 Å². The summed E-state index contributed by atoms with van der Waals surface area (Å²) in [5.41, 5.74) is 2.19. The van der Waals surface area contributed by atoms with Crippen LogP contribution in [0.4, 0.5) is 0 Å². The van der Waals surface area contributed by atoms with Crippen LogP contribution in [0.2, 0.25) is 0 Å². The van der Waals surface area contributed by atoms with Gasteiger partial charge in [-0.2, -0.15) is 0 Å². The minimum Gasteiger partial charge on any atom is -0.339 e. The number of fused-ring (bicyclic) bond motifs is 1. The number of nitrogens with zero attached hydrogens (tertiary/aromatic N) is 2. The number of imidazole rings is 1. The zero-order chi connectivity index (χ0) is 13.1. The number of para-hydroxylation sites is 1. The van der Waals surface area contributed by atoms with E-state index in [-0.39, 0.29) is 0 Å². The maximum Gasteiger partial charge on any atom is 0.171 e. The highest BCUT2D eigenvalue weighted by molar-refractivity contribution is 7.99. The van der Waals surface area contributed by atoms with E-state index in [0.717, 1.165) is 27.6 Å². The van der Waals surface area contributed by atoms with Gasteiger partial charge in [0.05, 0.1) is 5.52 Å². The van der Waals surface area contributed by atoms with E-state index in [1.54, 1.807) is 18.0 Å². The Morgan fingerprint density at radius 2 is 2.21 bits per heavy atom. The van der Waals surface area contributed by atoms with Crippen LogP contribution in [0.3, 0.4) is 0 Å². The number of aromatic amines is 1. The molecular formula is C14H14N4S. The van der Waals surface area contributed by atoms with Gasteiger partial charge in [-0.3, -0.25) is 0 Å². The second-order valence-electron chi connectivity index (χ2n) is 4.17. The number of nitrogens with one attached hydrogen (secondary N) is 2. The lowest BCUT2D eigenvalue weighted by atomic mass is 10.1. The summed E-state index contributed by atoms with van der Waals surface area (Å²) in [4.78, 5) is 12.1. The third-order valence-corrected chi connectivity index (χ3v) is 3.76. The highest BCUT2D eigenvalue weighted by atomic mass is 32.2. The summed E-state index contributed by atoms with van der Waals surface area (Å²) in [5.74, 6) is 0. The van der Waals surface area contributed by atoms with Crippen molar-refractivity contribution >= 4 is 22.7 Å². The smallest absolute Gasteiger partial charge is 0.171 e. The molecule has 5 heteroatoms. The molecule has 2 aromatic heterocycles. The van der Waals surface area contributed by atoms with Gasteiger partial charge >= 0.3 is 0 Å². The third-order valence-electron chi connectivity index (χ3n) is 2.80. The fraction of sp³-hybridized carbons (Fsp3) is 0.143. The first kappa shape index (κ1) is 12.2. The second-order valence-corrected chi connectivity index (χ2v) is 5.15. The Balaban J connectivity index is 2.06. The Bertz CT molecular complexity index is 679. The molecule has 96 valence electrons. The summed E-state index contributed by atoms with van der Waals surface area (Å²) in [6.45, 7) is 0.793. The van der Waals surface area contributed by atoms with Crippen LogP contribution >= 0.6 is 11.8 Å². The lowest BCUT2D eigenvalue weighted by molar-refractivity contribution is 0.793. The minimum atomic E-state index is 0.793. The molecule has 19 heavy (non-hydrogen) atoms. The predicted octanol–water partition coefficient (Wildman–Crippen LogP) is 2.83. The topological polar surface area (TPSA) is 53.6 Å². The summed E-state index contributed by atoms with van der Waals surface area (Å²) in [6.07, 6.45) is 3.57. The zero-order valence-electron chi connectivity index (χ0n) is 10.6. The molecule has 0 atom stereocenters. The first-order chi connectivity index (χ1) is 9.36. The Hall–Kier alpha value is -1.85. The number of aromatic nitrogens is 3. The van der Waals surface area contributed by atoms with E-state index < -0.39 is 0 Å². The van der Waals surface area contributed by atoms with E-state index in [2.05, 4.69) is 27.4 Å². The Morgan fingerprint density at radius 3 is 3.00 bits per heavy atom. The van der Waals surface area contributed by atoms with Gasteiger partial charge < -0.3 is 10.3 Å². The van der Waals surface area contributed by atoms with Gasteiger partial charge in [0.15, 0.2) is 5.16 Å². The standard InChI is InChI=1S/C14H14N4S/c1-15-9-11-8-10-4-2-3-5-12(10)18-13(11)19-14-16-6-7-17-14/h2-8,15H,9H2,1H3,(H,16,17). The number of rotatable bonds is 4. The number of hydrogen-bond donors (Lipinski definition) is 2. The molecule has 0 bridgehead atoms. The van der Waals surface area contributed by atoms with Gasteiger partial charge in [-0.25, -0.2) is 9.97 Å². The van der Waals surface area contributed by atoms with Crippen molar-refractivity contribution in [3.63, 3.8) is 0 Å². The van der Waals surface area contributed by atoms with E-state index in [9.17, 15) is 0 Å². The molecule has 3 aromatic rings. The van der Waals surface area contributed by atoms with Crippen molar-refractivity contribution in [2.24, 2.45) is 0 Å². The summed E-state index contributed by atoms with van der Waals surface area (Å²) < 4.78 is 0. The van der Waals surface area contributed by atoms with E-state index >= 15 is 0 Å². The quantitative estimate of drug-likeness (QED) is 0.765. The van der Waals surface area contributed by atoms with Gasteiger partial charge in [0.25, 0.3) is 0 Å². The lowest BCUT2D eigenvalue weighted by Crippen LogP contribution is -2.07. The largest absolute Gasteiger partial charge is 0.339 e. The Morgan fingerprint density at radius 1 is 1.32 bits per heavy atom. The summed E-state index contributed by atoms with van der Waals surface area (Å²) in [6, 6.07) is 10.3. The molecule has 4 nitrogen and oxygen atoms in total. The average molecular weight is 270 g/mol. The third kappa shape index (κ3) is 2.62. The molecule has 0 fully saturated rings. The van der Waals surface area contributed by atoms with E-state index in [0.29, 0.717) is 0 Å². The van der Waals surface area contributed by atoms with Crippen LogP contribution in [0.25, 0.3) is 10.9 Å². The van der Waals surface area contributed by atoms with Gasteiger partial charge in [-0.05, 0) is 36.5 Å². The maximum atomic E-state index is 4.73. The first-order valence-electron chi connectivity index (χ1n) is 6.07. The van der Waals surface area contributed by atoms with Gasteiger partial charge in [-0.1, -0.05) is 18.2 Å². The molecule has 0 radical (unpaired) electrons. The molecule has 0 amide bonds. The van der Waals surface area contributed by atoms with Gasteiger partial charge in [0.1, 0.15) is 5.03 Å². The van der Waals surface area contributed by atoms with Gasteiger partial charge in [0.2, 0.25) is 0 Å². The fourth-order valence-corrected chi connectivity index (χ4v) is 2.78. The number of benzene rings is 1. The molecule has 0 unspecified atom stereocenters. The number of hydrogen-bond acceptors (Lipinski definition) is 4. The number of H-pyrrole nitrogens is 1. The van der Waals surface area contributed by atoms with Crippen molar-refractivity contribution in [2.45, 2.75) is 16.7 Å². The monoisotopic (exact) mass is 270 g/mol. The molecule has 0 aliphatic carbocycles. The Kier molecular flexibility index (Phi) is 3.48. The van der Waals surface area contributed by atoms with Crippen molar-refractivity contribution in [3.8, 4) is 0 Å². The Labute approximate surface area is 115 Å². The SMILES string of the molecule is CNCc1cc2ccccc2nc1Sc1ncc[nH]1. The van der Waals surface area contributed by atoms with Crippen LogP contribution in [0.1, 0.15) is 5.56 Å². The molecule has 0 saturated heterocycles. The van der Waals surface area contributed by atoms with Crippen molar-refractivity contribution < 1.29 is 0 Å². The molecule has 0 aliphatic heterocycles. The molecule has 0 aliphatic rings. The van der Waals surface area contributed by atoms with Crippen molar-refractivity contribution in [1.82, 2.24) is 20.3 Å². The van der Waals surface area contributed by atoms with Crippen molar-refractivity contribution in [2.75, 3.05) is 7.05 Å². The van der Waals surface area contributed by atoms with Gasteiger partial charge in [-0.15, -0.1) is 0 Å². The van der Waals surface area contributed by atoms with E-state index in [4.69, 9.17) is 4.98 Å². The van der Waals surface area contributed by atoms with Gasteiger partial charge in [0, 0.05) is 24.3 Å². The summed E-state index contributed by atoms with van der Waals surface area (Å²) >= 11 is 1.56. The summed E-state index contributed by atoms with van der Waals surface area (Å²) in [5, 5.41) is 6.20. The molecule has 2 heterocycles. The lowest BCUT2D eigenvalue weighted by Gasteiger charge is -2.08. The van der Waals surface area contributed by atoms with Crippen LogP contribution in [0, 0.1) is 0 Å². The van der Waals surface area contributed by atoms with Crippen LogP contribution in [-0.2, 0) is 6.54 Å². The second kappa shape index (κ2) is 5.42. The van der Waals surface area contributed by atoms with E-state index in [1.165, 1.54) is 5.56 Å². The fourth-order valence-electron chi connectivity index (χ4n) is 1.95. The highest BCUT2D eigenvalue weighted by Gasteiger charge is 2.09. The summed E-state index contributed by atoms with van der Waals surface area (Å²) in [7, 11) is 1.94. The molecular weight excluding hydrogens is 256 g/mol. The van der Waals surface area contributed by atoms with Crippen LogP contribution in [-0.4, -0.2) is 22.0 Å². The van der Waals surface area contributed by atoms with Crippen LogP contribution in [0.15, 0.2) is 52.9 Å². The van der Waals surface area contributed by atoms with Crippen molar-refractivity contribution in [3.05, 3.63) is 48.3 Å². The predicted molar refractivity (Wildman–Crippen MR) is 77.2 cm³/mol. The highest BCUT2D eigenvalue weighted by Crippen LogP contribution is 2.28. The van der Waals surface area contributed by atoms with Crippen molar-refractivity contribution in [1.29, 1.82) is 0 Å².